The largest absolute Gasteiger partial charge is 0.387 e. The number of hydrogen-bond donors (Lipinski definition) is 1. The van der Waals surface area contributed by atoms with Crippen molar-refractivity contribution in [2.75, 3.05) is 32.8 Å². The van der Waals surface area contributed by atoms with Crippen molar-refractivity contribution in [3.8, 4) is 0 Å². The normalized spacial score (nSPS) is 15.5. The molecule has 1 fully saturated rings. The van der Waals surface area contributed by atoms with Crippen molar-refractivity contribution in [2.45, 2.75) is 0 Å². The predicted octanol–water partition coefficient (Wildman–Crippen LogP) is 0.617. The molecule has 0 bridgehead atoms. The highest BCUT2D eigenvalue weighted by Gasteiger charge is 2.24. The third-order valence-electron chi connectivity index (χ3n) is 3.15. The molecule has 1 N–H and O–H groups in total. The Morgan fingerprint density at radius 3 is 2.11 bits per heavy atom. The lowest BCUT2D eigenvalue weighted by Crippen LogP contribution is -2.51. The molecule has 1 aliphatic heterocycles. The van der Waals surface area contributed by atoms with Crippen molar-refractivity contribution in [2.24, 2.45) is 0 Å². The number of aliphatic hydroxyl groups excluding tert-OH is 1. The van der Waals surface area contributed by atoms with Crippen LogP contribution in [0.2, 0.25) is 5.02 Å². The Balaban J connectivity index is 1.96. The minimum Gasteiger partial charge on any atom is -0.387 e. The molecule has 6 heteroatoms. The van der Waals surface area contributed by atoms with Crippen molar-refractivity contribution in [1.82, 2.24) is 9.80 Å². The van der Waals surface area contributed by atoms with Crippen LogP contribution in [0.15, 0.2) is 24.3 Å². The smallest absolute Gasteiger partial charge is 0.253 e. The number of carbonyl (C=O) groups excluding carboxylic acids is 2. The van der Waals surface area contributed by atoms with Crippen LogP contribution in [0.25, 0.3) is 0 Å². The summed E-state index contributed by atoms with van der Waals surface area (Å²) in [5.74, 6) is -0.355. The van der Waals surface area contributed by atoms with Crippen LogP contribution in [0.3, 0.4) is 0 Å². The van der Waals surface area contributed by atoms with Gasteiger partial charge in [-0.2, -0.15) is 0 Å². The summed E-state index contributed by atoms with van der Waals surface area (Å²) in [7, 11) is 0. The highest BCUT2D eigenvalue weighted by atomic mass is 35.5. The van der Waals surface area contributed by atoms with Gasteiger partial charge in [-0.15, -0.1) is 0 Å². The van der Waals surface area contributed by atoms with Crippen LogP contribution in [0.1, 0.15) is 10.4 Å². The van der Waals surface area contributed by atoms with Gasteiger partial charge in [-0.1, -0.05) is 11.6 Å². The monoisotopic (exact) mass is 282 g/mol. The lowest BCUT2D eigenvalue weighted by atomic mass is 10.2. The van der Waals surface area contributed by atoms with Crippen molar-refractivity contribution >= 4 is 23.4 Å². The summed E-state index contributed by atoms with van der Waals surface area (Å²) < 4.78 is 0. The van der Waals surface area contributed by atoms with Gasteiger partial charge in [0, 0.05) is 36.8 Å². The van der Waals surface area contributed by atoms with E-state index in [1.54, 1.807) is 34.1 Å². The number of piperazine rings is 1. The van der Waals surface area contributed by atoms with Gasteiger partial charge in [0.15, 0.2) is 0 Å². The topological polar surface area (TPSA) is 60.9 Å². The fourth-order valence-electron chi connectivity index (χ4n) is 2.03. The Bertz CT molecular complexity index is 467. The maximum absolute atomic E-state index is 12.2. The van der Waals surface area contributed by atoms with Crippen LogP contribution >= 0.6 is 11.6 Å². The third-order valence-corrected chi connectivity index (χ3v) is 3.40. The van der Waals surface area contributed by atoms with E-state index in [9.17, 15) is 9.59 Å². The van der Waals surface area contributed by atoms with Crippen molar-refractivity contribution < 1.29 is 14.7 Å². The number of benzene rings is 1. The van der Waals surface area contributed by atoms with Gasteiger partial charge >= 0.3 is 0 Å². The van der Waals surface area contributed by atoms with Crippen LogP contribution in [0, 0.1) is 0 Å². The Labute approximate surface area is 116 Å². The molecule has 0 aromatic heterocycles. The van der Waals surface area contributed by atoms with Gasteiger partial charge in [-0.05, 0) is 24.3 Å². The second-order valence-corrected chi connectivity index (χ2v) is 4.77. The molecule has 102 valence electrons. The number of carbonyl (C=O) groups is 2. The van der Waals surface area contributed by atoms with Crippen molar-refractivity contribution in [3.05, 3.63) is 34.9 Å². The van der Waals surface area contributed by atoms with Gasteiger partial charge < -0.3 is 14.9 Å². The minimum atomic E-state index is -0.481. The predicted molar refractivity (Wildman–Crippen MR) is 71.0 cm³/mol. The molecular weight excluding hydrogens is 268 g/mol. The molecule has 0 spiro atoms. The molecule has 2 amide bonds. The standard InChI is InChI=1S/C13H15ClN2O3/c14-11-3-1-10(2-4-11)13(19)16-7-5-15(6-8-16)12(18)9-17/h1-4,17H,5-9H2. The molecule has 1 aromatic rings. The second-order valence-electron chi connectivity index (χ2n) is 4.34. The molecule has 5 nitrogen and oxygen atoms in total. The molecule has 0 unspecified atom stereocenters. The number of amides is 2. The van der Waals surface area contributed by atoms with E-state index in [0.29, 0.717) is 36.8 Å². The second kappa shape index (κ2) is 6.04. The third kappa shape index (κ3) is 3.24. The molecule has 1 heterocycles. The fourth-order valence-corrected chi connectivity index (χ4v) is 2.16. The van der Waals surface area contributed by atoms with Gasteiger partial charge in [-0.25, -0.2) is 0 Å². The minimum absolute atomic E-state index is 0.0623. The number of halogens is 1. The molecule has 0 atom stereocenters. The lowest BCUT2D eigenvalue weighted by Gasteiger charge is -2.34. The van der Waals surface area contributed by atoms with Gasteiger partial charge in [0.1, 0.15) is 6.61 Å². The van der Waals surface area contributed by atoms with Crippen LogP contribution in [0.5, 0.6) is 0 Å². The number of rotatable bonds is 2. The summed E-state index contributed by atoms with van der Waals surface area (Å²) in [4.78, 5) is 26.8. The van der Waals surface area contributed by atoms with E-state index in [0.717, 1.165) is 0 Å². The maximum atomic E-state index is 12.2. The van der Waals surface area contributed by atoms with Gasteiger partial charge in [0.25, 0.3) is 5.91 Å². The average Bonchev–Trinajstić information content (AvgIpc) is 2.46. The van der Waals surface area contributed by atoms with Gasteiger partial charge in [0.05, 0.1) is 0 Å². The number of hydrogen-bond acceptors (Lipinski definition) is 3. The fraction of sp³-hybridized carbons (Fsp3) is 0.385. The van der Waals surface area contributed by atoms with E-state index in [1.165, 1.54) is 0 Å². The molecule has 1 aliphatic rings. The van der Waals surface area contributed by atoms with Crippen LogP contribution < -0.4 is 0 Å². The number of aliphatic hydroxyl groups is 1. The maximum Gasteiger partial charge on any atom is 0.253 e. The zero-order valence-corrected chi connectivity index (χ0v) is 11.1. The van der Waals surface area contributed by atoms with Crippen LogP contribution in [-0.2, 0) is 4.79 Å². The van der Waals surface area contributed by atoms with Crippen LogP contribution in [0.4, 0.5) is 0 Å². The van der Waals surface area contributed by atoms with E-state index in [2.05, 4.69) is 0 Å². The van der Waals surface area contributed by atoms with E-state index in [1.807, 2.05) is 0 Å². The van der Waals surface area contributed by atoms with E-state index in [-0.39, 0.29) is 11.8 Å². The Hall–Kier alpha value is -1.59. The van der Waals surface area contributed by atoms with E-state index < -0.39 is 6.61 Å². The first-order valence-corrected chi connectivity index (χ1v) is 6.43. The van der Waals surface area contributed by atoms with E-state index in [4.69, 9.17) is 16.7 Å². The summed E-state index contributed by atoms with van der Waals surface area (Å²) in [6.45, 7) is 1.39. The summed E-state index contributed by atoms with van der Waals surface area (Å²) in [6.07, 6.45) is 0. The zero-order chi connectivity index (χ0) is 13.8. The Morgan fingerprint density at radius 1 is 1.05 bits per heavy atom. The summed E-state index contributed by atoms with van der Waals surface area (Å²) >= 11 is 5.78. The Kier molecular flexibility index (Phi) is 4.39. The zero-order valence-electron chi connectivity index (χ0n) is 10.4. The molecule has 2 rings (SSSR count). The average molecular weight is 283 g/mol. The van der Waals surface area contributed by atoms with Crippen molar-refractivity contribution in [1.29, 1.82) is 0 Å². The molecule has 1 saturated heterocycles. The quantitative estimate of drug-likeness (QED) is 0.865. The summed E-state index contributed by atoms with van der Waals surface area (Å²) in [5, 5.41) is 9.37. The highest BCUT2D eigenvalue weighted by molar-refractivity contribution is 6.30. The lowest BCUT2D eigenvalue weighted by molar-refractivity contribution is -0.135. The summed E-state index contributed by atoms with van der Waals surface area (Å²) in [5.41, 5.74) is 0.589. The van der Waals surface area contributed by atoms with Gasteiger partial charge in [0.2, 0.25) is 5.91 Å². The number of nitrogens with zero attached hydrogens (tertiary/aromatic N) is 2. The summed E-state index contributed by atoms with van der Waals surface area (Å²) in [6, 6.07) is 6.74. The first-order chi connectivity index (χ1) is 9.11. The first kappa shape index (κ1) is 13.8. The SMILES string of the molecule is O=C(CO)N1CCN(C(=O)c2ccc(Cl)cc2)CC1. The van der Waals surface area contributed by atoms with Gasteiger partial charge in [-0.3, -0.25) is 9.59 Å². The Morgan fingerprint density at radius 2 is 1.58 bits per heavy atom. The van der Waals surface area contributed by atoms with E-state index >= 15 is 0 Å². The molecule has 0 aliphatic carbocycles. The highest BCUT2D eigenvalue weighted by Crippen LogP contribution is 2.13. The molecule has 1 aromatic carbocycles. The molecule has 19 heavy (non-hydrogen) atoms. The molecule has 0 saturated carbocycles. The first-order valence-electron chi connectivity index (χ1n) is 6.05. The molecular formula is C13H15ClN2O3. The van der Waals surface area contributed by atoms with Crippen molar-refractivity contribution in [3.63, 3.8) is 0 Å². The van der Waals surface area contributed by atoms with Crippen LogP contribution in [-0.4, -0.2) is 59.5 Å². The molecule has 0 radical (unpaired) electrons.